The second-order valence-electron chi connectivity index (χ2n) is 10.8. The predicted molar refractivity (Wildman–Crippen MR) is 174 cm³/mol. The Morgan fingerprint density at radius 2 is 1.60 bits per heavy atom. The summed E-state index contributed by atoms with van der Waals surface area (Å²) in [6.45, 7) is 10.9. The molecular formula is C32H49N3O9S. The first-order valence-electron chi connectivity index (χ1n) is 15.1. The van der Waals surface area contributed by atoms with E-state index in [2.05, 4.69) is 10.3 Å². The van der Waals surface area contributed by atoms with Crippen LogP contribution in [-0.4, -0.2) is 117 Å². The maximum absolute atomic E-state index is 11.8. The Morgan fingerprint density at radius 3 is 2.31 bits per heavy atom. The average molecular weight is 652 g/mol. The van der Waals surface area contributed by atoms with Crippen LogP contribution in [0.15, 0.2) is 42.5 Å². The van der Waals surface area contributed by atoms with Crippen LogP contribution >= 0.6 is 11.8 Å². The van der Waals surface area contributed by atoms with Gasteiger partial charge < -0.3 is 33.5 Å². The highest BCUT2D eigenvalue weighted by Gasteiger charge is 2.16. The summed E-state index contributed by atoms with van der Waals surface area (Å²) in [5.41, 5.74) is 1.09. The molecule has 2 aromatic rings. The number of nitrogens with zero attached hydrogens (tertiary/aromatic N) is 2. The number of aliphatic hydroxyl groups excluding tert-OH is 1. The number of pyridine rings is 1. The highest BCUT2D eigenvalue weighted by Crippen LogP contribution is 2.17. The molecule has 0 bridgehead atoms. The number of anilines is 1. The molecule has 0 aliphatic carbocycles. The van der Waals surface area contributed by atoms with Crippen LogP contribution < -0.4 is 10.1 Å². The van der Waals surface area contributed by atoms with E-state index in [9.17, 15) is 14.7 Å². The average Bonchev–Trinajstić information content (AvgIpc) is 3.00. The number of hydrogen-bond acceptors (Lipinski definition) is 12. The van der Waals surface area contributed by atoms with Crippen LogP contribution in [0, 0.1) is 0 Å². The Kier molecular flexibility index (Phi) is 19.2. The van der Waals surface area contributed by atoms with Crippen molar-refractivity contribution in [1.29, 1.82) is 0 Å². The number of thioether (sulfide) groups is 1. The van der Waals surface area contributed by atoms with E-state index in [-0.39, 0.29) is 12.3 Å². The molecule has 0 saturated heterocycles. The van der Waals surface area contributed by atoms with E-state index < -0.39 is 17.7 Å². The molecule has 0 radical (unpaired) electrons. The highest BCUT2D eigenvalue weighted by molar-refractivity contribution is 7.99. The third-order valence-corrected chi connectivity index (χ3v) is 6.91. The molecule has 252 valence electrons. The van der Waals surface area contributed by atoms with Gasteiger partial charge in [0.2, 0.25) is 0 Å². The van der Waals surface area contributed by atoms with Gasteiger partial charge in [0.25, 0.3) is 0 Å². The van der Waals surface area contributed by atoms with E-state index in [4.69, 9.17) is 28.4 Å². The Bertz CT molecular complexity index is 1100. The molecule has 0 saturated carbocycles. The van der Waals surface area contributed by atoms with Crippen LogP contribution in [-0.2, 0) is 30.2 Å². The summed E-state index contributed by atoms with van der Waals surface area (Å²) >= 11 is 1.82. The normalized spacial score (nSPS) is 11.4. The minimum atomic E-state index is -0.550. The fourth-order valence-corrected chi connectivity index (χ4v) is 4.56. The summed E-state index contributed by atoms with van der Waals surface area (Å²) < 4.78 is 32.6. The maximum Gasteiger partial charge on any atom is 0.412 e. The quantitative estimate of drug-likeness (QED) is 0.131. The van der Waals surface area contributed by atoms with Gasteiger partial charge in [-0.25, -0.2) is 14.6 Å². The molecule has 0 spiro atoms. The Hall–Kier alpha value is -2.94. The fourth-order valence-electron chi connectivity index (χ4n) is 3.80. The molecule has 12 nitrogen and oxygen atoms in total. The molecule has 0 atom stereocenters. The van der Waals surface area contributed by atoms with Crippen LogP contribution in [0.5, 0.6) is 5.75 Å². The van der Waals surface area contributed by atoms with Crippen molar-refractivity contribution >= 4 is 29.5 Å². The van der Waals surface area contributed by atoms with Crippen LogP contribution in [0.1, 0.15) is 43.4 Å². The minimum Gasteiger partial charge on any atom is -0.491 e. The second-order valence-corrected chi connectivity index (χ2v) is 12.0. The van der Waals surface area contributed by atoms with Crippen molar-refractivity contribution in [3.63, 3.8) is 0 Å². The molecule has 13 heteroatoms. The SMILES string of the molecule is COC(=O)c1cccc(CN(CCO)CCOCCCSCCOCCOCCOc2ccc(NC(=O)OC(C)(C)C)cc2)n1. The molecule has 45 heavy (non-hydrogen) atoms. The van der Waals surface area contributed by atoms with Gasteiger partial charge in [-0.2, -0.15) is 11.8 Å². The van der Waals surface area contributed by atoms with Crippen molar-refractivity contribution in [2.45, 2.75) is 39.3 Å². The van der Waals surface area contributed by atoms with Gasteiger partial charge in [0, 0.05) is 37.7 Å². The number of aliphatic hydroxyl groups is 1. The van der Waals surface area contributed by atoms with Crippen molar-refractivity contribution in [3.05, 3.63) is 53.9 Å². The lowest BCUT2D eigenvalue weighted by Gasteiger charge is -2.21. The molecule has 1 aromatic carbocycles. The molecule has 2 rings (SSSR count). The number of nitrogens with one attached hydrogen (secondary N) is 1. The predicted octanol–water partition coefficient (Wildman–Crippen LogP) is 4.26. The molecule has 0 unspecified atom stereocenters. The summed E-state index contributed by atoms with van der Waals surface area (Å²) in [6, 6.07) is 12.3. The zero-order valence-electron chi connectivity index (χ0n) is 27.0. The summed E-state index contributed by atoms with van der Waals surface area (Å²) in [5.74, 6) is 2.11. The van der Waals surface area contributed by atoms with E-state index in [1.165, 1.54) is 7.11 Å². The number of benzene rings is 1. The van der Waals surface area contributed by atoms with E-state index in [1.54, 1.807) is 36.4 Å². The molecule has 1 amide bonds. The first kappa shape index (κ1) is 38.2. The number of esters is 1. The summed E-state index contributed by atoms with van der Waals surface area (Å²) in [5, 5.41) is 12.1. The zero-order chi connectivity index (χ0) is 32.8. The van der Waals surface area contributed by atoms with Gasteiger partial charge in [-0.05, 0) is 69.3 Å². The van der Waals surface area contributed by atoms with Gasteiger partial charge in [0.05, 0.1) is 52.4 Å². The number of ether oxygens (including phenoxy) is 6. The van der Waals surface area contributed by atoms with Gasteiger partial charge in [-0.1, -0.05) is 6.07 Å². The van der Waals surface area contributed by atoms with Crippen molar-refractivity contribution in [2.75, 3.05) is 89.9 Å². The lowest BCUT2D eigenvalue weighted by molar-refractivity contribution is 0.0412. The van der Waals surface area contributed by atoms with Crippen LogP contribution in [0.3, 0.4) is 0 Å². The number of carbonyl (C=O) groups is 2. The third-order valence-electron chi connectivity index (χ3n) is 5.87. The van der Waals surface area contributed by atoms with E-state index in [1.807, 2.05) is 43.5 Å². The van der Waals surface area contributed by atoms with Gasteiger partial charge in [-0.3, -0.25) is 10.2 Å². The Morgan fingerprint density at radius 1 is 0.889 bits per heavy atom. The van der Waals surface area contributed by atoms with Crippen molar-refractivity contribution in [3.8, 4) is 5.75 Å². The molecule has 1 aromatic heterocycles. The summed E-state index contributed by atoms with van der Waals surface area (Å²) in [7, 11) is 1.33. The number of hydrogen-bond donors (Lipinski definition) is 2. The van der Waals surface area contributed by atoms with Gasteiger partial charge in [0.15, 0.2) is 0 Å². The first-order chi connectivity index (χ1) is 21.7. The van der Waals surface area contributed by atoms with Crippen molar-refractivity contribution in [1.82, 2.24) is 9.88 Å². The van der Waals surface area contributed by atoms with E-state index >= 15 is 0 Å². The third kappa shape index (κ3) is 18.6. The first-order valence-corrected chi connectivity index (χ1v) is 16.3. The van der Waals surface area contributed by atoms with E-state index in [0.29, 0.717) is 77.3 Å². The topological polar surface area (TPSA) is 138 Å². The standard InChI is InChI=1S/C32H49N3O9S/c1-32(2,3)44-31(38)34-26-9-11-28(12-10-26)43-21-20-41-18-19-42-22-24-45-23-6-16-40-17-14-35(13-15-36)25-27-7-5-8-29(33-27)30(37)39-4/h5,7-12,36H,6,13-25H2,1-4H3,(H,34,38). The number of rotatable bonds is 23. The van der Waals surface area contributed by atoms with E-state index in [0.717, 1.165) is 23.6 Å². The van der Waals surface area contributed by atoms with Crippen molar-refractivity contribution < 1.29 is 43.1 Å². The molecule has 2 N–H and O–H groups in total. The lowest BCUT2D eigenvalue weighted by Crippen LogP contribution is -2.30. The Balaban J connectivity index is 1.40. The number of amides is 1. The zero-order valence-corrected chi connectivity index (χ0v) is 27.8. The smallest absolute Gasteiger partial charge is 0.412 e. The molecule has 0 aliphatic heterocycles. The van der Waals surface area contributed by atoms with Crippen LogP contribution in [0.25, 0.3) is 0 Å². The summed E-state index contributed by atoms with van der Waals surface area (Å²) in [4.78, 5) is 29.9. The minimum absolute atomic E-state index is 0.0318. The van der Waals surface area contributed by atoms with Gasteiger partial charge in [0.1, 0.15) is 23.7 Å². The van der Waals surface area contributed by atoms with Gasteiger partial charge >= 0.3 is 12.1 Å². The largest absolute Gasteiger partial charge is 0.491 e. The summed E-state index contributed by atoms with van der Waals surface area (Å²) in [6.07, 6.45) is 0.447. The molecule has 0 fully saturated rings. The lowest BCUT2D eigenvalue weighted by atomic mass is 10.2. The second kappa shape index (κ2) is 22.5. The van der Waals surface area contributed by atoms with Crippen LogP contribution in [0.4, 0.5) is 10.5 Å². The Labute approximate surface area is 271 Å². The van der Waals surface area contributed by atoms with Crippen LogP contribution in [0.2, 0.25) is 0 Å². The number of carbonyl (C=O) groups excluding carboxylic acids is 2. The maximum atomic E-state index is 11.8. The number of methoxy groups -OCH3 is 1. The molecular weight excluding hydrogens is 602 g/mol. The fraction of sp³-hybridized carbons (Fsp3) is 0.594. The number of aromatic nitrogens is 1. The van der Waals surface area contributed by atoms with Gasteiger partial charge in [-0.15, -0.1) is 0 Å². The molecule has 1 heterocycles. The van der Waals surface area contributed by atoms with Crippen molar-refractivity contribution in [2.24, 2.45) is 0 Å². The monoisotopic (exact) mass is 651 g/mol. The highest BCUT2D eigenvalue weighted by atomic mass is 32.2. The molecule has 0 aliphatic rings.